The van der Waals surface area contributed by atoms with Crippen molar-refractivity contribution in [1.29, 1.82) is 0 Å². The number of para-hydroxylation sites is 2. The van der Waals surface area contributed by atoms with Crippen LogP contribution in [-0.2, 0) is 10.8 Å². The minimum atomic E-state index is -0.238. The van der Waals surface area contributed by atoms with Gasteiger partial charge in [-0.2, -0.15) is 0 Å². The van der Waals surface area contributed by atoms with Crippen molar-refractivity contribution in [1.82, 2.24) is 9.13 Å². The molecule has 2 heterocycles. The van der Waals surface area contributed by atoms with Crippen molar-refractivity contribution >= 4 is 71.2 Å². The fraction of sp³-hybridized carbons (Fsp3) is 0.114. The van der Waals surface area contributed by atoms with Crippen LogP contribution in [0.15, 0.2) is 243 Å². The predicted molar refractivity (Wildman–Crippen MR) is 310 cm³/mol. The van der Waals surface area contributed by atoms with Crippen molar-refractivity contribution in [2.24, 2.45) is 0 Å². The second-order valence-electron chi connectivity index (χ2n) is 21.1. The van der Waals surface area contributed by atoms with Crippen LogP contribution in [-0.4, -0.2) is 9.13 Å². The Labute approximate surface area is 422 Å². The molecular weight excluding hydrogens is 869 g/mol. The lowest BCUT2D eigenvalue weighted by molar-refractivity contribution is 0.533. The number of fused-ring (bicyclic) bond motifs is 11. The van der Waals surface area contributed by atoms with E-state index in [2.05, 4.69) is 262 Å². The second kappa shape index (κ2) is 16.6. The molecule has 2 nitrogen and oxygen atoms in total. The van der Waals surface area contributed by atoms with Gasteiger partial charge in [-0.05, 0) is 151 Å². The molecule has 0 atom stereocenters. The van der Waals surface area contributed by atoms with E-state index in [4.69, 9.17) is 6.58 Å². The normalized spacial score (nSPS) is 19.8. The van der Waals surface area contributed by atoms with Crippen LogP contribution in [0.5, 0.6) is 0 Å². The van der Waals surface area contributed by atoms with Crippen molar-refractivity contribution < 1.29 is 0 Å². The summed E-state index contributed by atoms with van der Waals surface area (Å²) in [6.07, 6.45) is 21.7. The number of hydrogen-bond donors (Lipinski definition) is 0. The summed E-state index contributed by atoms with van der Waals surface area (Å²) >= 11 is 0. The molecule has 0 fully saturated rings. The summed E-state index contributed by atoms with van der Waals surface area (Å²) in [5.74, 6) is 0. The molecule has 3 aliphatic carbocycles. The van der Waals surface area contributed by atoms with E-state index in [-0.39, 0.29) is 10.8 Å². The maximum absolute atomic E-state index is 4.83. The summed E-state index contributed by atoms with van der Waals surface area (Å²) < 4.78 is 4.82. The third kappa shape index (κ3) is 6.84. The number of rotatable bonds is 4. The molecule has 0 saturated heterocycles. The lowest BCUT2D eigenvalue weighted by Crippen LogP contribution is -2.18. The molecule has 0 saturated carbocycles. The monoisotopic (exact) mass is 924 g/mol. The lowest BCUT2D eigenvalue weighted by Gasteiger charge is -2.28. The van der Waals surface area contributed by atoms with Gasteiger partial charge in [0.25, 0.3) is 0 Å². The summed E-state index contributed by atoms with van der Waals surface area (Å²) in [5.41, 5.74) is 21.4. The smallest absolute Gasteiger partial charge is 0.0541 e. The Kier molecular flexibility index (Phi) is 10.0. The van der Waals surface area contributed by atoms with Crippen LogP contribution in [0.4, 0.5) is 0 Å². The quantitative estimate of drug-likeness (QED) is 0.166. The zero-order chi connectivity index (χ0) is 48.9. The lowest BCUT2D eigenvalue weighted by atomic mass is 9.76. The molecule has 346 valence electrons. The van der Waals surface area contributed by atoms with Gasteiger partial charge in [-0.15, -0.1) is 0 Å². The second-order valence-corrected chi connectivity index (χ2v) is 21.1. The third-order valence-electron chi connectivity index (χ3n) is 16.0. The molecule has 0 spiro atoms. The first-order chi connectivity index (χ1) is 35.0. The van der Waals surface area contributed by atoms with Crippen molar-refractivity contribution in [3.05, 3.63) is 265 Å². The van der Waals surface area contributed by atoms with Crippen molar-refractivity contribution in [3.8, 4) is 27.9 Å². The molecule has 0 radical (unpaired) electrons. The van der Waals surface area contributed by atoms with Gasteiger partial charge in [-0.1, -0.05) is 199 Å². The van der Waals surface area contributed by atoms with Gasteiger partial charge < -0.3 is 9.13 Å². The van der Waals surface area contributed by atoms with Crippen molar-refractivity contribution in [2.45, 2.75) is 51.4 Å². The zero-order valence-corrected chi connectivity index (χ0v) is 41.5. The molecule has 3 aliphatic rings. The highest BCUT2D eigenvalue weighted by atomic mass is 15.0. The molecular formula is C70H56N2. The highest BCUT2D eigenvalue weighted by molar-refractivity contribution is 6.13. The molecule has 0 amide bonds. The van der Waals surface area contributed by atoms with E-state index < -0.39 is 0 Å². The Balaban J connectivity index is 0.863. The standard InChI is InChI=1S/C70H56N2/c1-45-20-11-9-7-8-10-12-26-63(45)71-65-27-17-15-24-56(65)58-41-48(32-36-67(58)71)50-30-34-52-46(2)40-61-55(38-39-69(3,4)60(52)43-50)54-35-31-51(44-62(54)70(61,5)6)49-33-37-68-59(42-49)57-25-16-18-28-66(57)72(68)64-29-19-22-47-21-13-14-23-53(47)64/h7,9-38,40-44H,1-2,8,39H2,3-6H3/b9-7-,12-10-,20-11-,55-38-,61-40+,63-26+. The van der Waals surface area contributed by atoms with Crippen LogP contribution in [0, 0.1) is 0 Å². The Bertz CT molecular complexity index is 4170. The van der Waals surface area contributed by atoms with Crippen molar-refractivity contribution in [2.75, 3.05) is 0 Å². The van der Waals surface area contributed by atoms with Crippen LogP contribution in [0.1, 0.15) is 62.8 Å². The molecule has 72 heavy (non-hydrogen) atoms. The van der Waals surface area contributed by atoms with Gasteiger partial charge in [0.2, 0.25) is 0 Å². The molecule has 0 unspecified atom stereocenters. The molecule has 0 aliphatic heterocycles. The van der Waals surface area contributed by atoms with Gasteiger partial charge in [0.05, 0.1) is 33.5 Å². The number of hydrogen-bond acceptors (Lipinski definition) is 0. The van der Waals surface area contributed by atoms with Gasteiger partial charge in [0, 0.05) is 32.3 Å². The van der Waals surface area contributed by atoms with Crippen molar-refractivity contribution in [3.63, 3.8) is 0 Å². The molecule has 0 N–H and O–H groups in total. The van der Waals surface area contributed by atoms with Crippen LogP contribution >= 0.6 is 0 Å². The molecule has 2 aromatic heterocycles. The number of benzene rings is 8. The van der Waals surface area contributed by atoms with E-state index in [1.54, 1.807) is 0 Å². The van der Waals surface area contributed by atoms with Crippen LogP contribution < -0.4 is 0 Å². The summed E-state index contributed by atoms with van der Waals surface area (Å²) in [6.45, 7) is 18.9. The van der Waals surface area contributed by atoms with E-state index in [0.29, 0.717) is 0 Å². The first-order valence-electron chi connectivity index (χ1n) is 25.4. The van der Waals surface area contributed by atoms with E-state index in [9.17, 15) is 0 Å². The minimum Gasteiger partial charge on any atom is -0.309 e. The van der Waals surface area contributed by atoms with Gasteiger partial charge in [-0.25, -0.2) is 0 Å². The number of allylic oxidation sites excluding steroid dienone is 14. The van der Waals surface area contributed by atoms with E-state index in [0.717, 1.165) is 29.7 Å². The van der Waals surface area contributed by atoms with E-state index >= 15 is 0 Å². The number of aromatic nitrogens is 2. The van der Waals surface area contributed by atoms with Gasteiger partial charge in [0.15, 0.2) is 0 Å². The van der Waals surface area contributed by atoms with E-state index in [1.807, 2.05) is 0 Å². The van der Waals surface area contributed by atoms with Crippen LogP contribution in [0.25, 0.3) is 99.2 Å². The summed E-state index contributed by atoms with van der Waals surface area (Å²) in [6, 6.07) is 61.2. The summed E-state index contributed by atoms with van der Waals surface area (Å²) in [4.78, 5) is 0. The van der Waals surface area contributed by atoms with Gasteiger partial charge in [0.1, 0.15) is 0 Å². The highest BCUT2D eigenvalue weighted by Gasteiger charge is 2.40. The zero-order valence-electron chi connectivity index (χ0n) is 41.5. The number of nitrogens with zero attached hydrogens (tertiary/aromatic N) is 2. The maximum atomic E-state index is 4.83. The Morgan fingerprint density at radius 3 is 1.78 bits per heavy atom. The molecule has 8 aromatic carbocycles. The fourth-order valence-electron chi connectivity index (χ4n) is 12.1. The average Bonchev–Trinajstić information content (AvgIpc) is 3.99. The SMILES string of the molecule is C=C1/C=C\C=C/C/C=C\C=C/1n1c2ccccc2c2cc(-c3ccc4c(c3)C(C)(C)C/C=C3\C(=C/C4=C)C(C)(C)c4cc(-c5ccc6c(c5)c5ccccc5n6-c5cccc6ccccc56)ccc43)ccc21. The Hall–Kier alpha value is -8.46. The summed E-state index contributed by atoms with van der Waals surface area (Å²) in [7, 11) is 0. The molecule has 10 aromatic rings. The topological polar surface area (TPSA) is 9.86 Å². The van der Waals surface area contributed by atoms with Gasteiger partial charge in [-0.3, -0.25) is 0 Å². The first-order valence-corrected chi connectivity index (χ1v) is 25.4. The van der Waals surface area contributed by atoms with Crippen LogP contribution in [0.3, 0.4) is 0 Å². The highest BCUT2D eigenvalue weighted by Crippen LogP contribution is 2.53. The van der Waals surface area contributed by atoms with Crippen LogP contribution in [0.2, 0.25) is 0 Å². The first kappa shape index (κ1) is 43.6. The predicted octanol–water partition coefficient (Wildman–Crippen LogP) is 18.8. The molecule has 0 bridgehead atoms. The third-order valence-corrected chi connectivity index (χ3v) is 16.0. The fourth-order valence-corrected chi connectivity index (χ4v) is 12.1. The summed E-state index contributed by atoms with van der Waals surface area (Å²) in [5, 5.41) is 7.47. The Morgan fingerprint density at radius 2 is 1.04 bits per heavy atom. The Morgan fingerprint density at radius 1 is 0.472 bits per heavy atom. The van der Waals surface area contributed by atoms with Gasteiger partial charge >= 0.3 is 0 Å². The van der Waals surface area contributed by atoms with E-state index in [1.165, 1.54) is 116 Å². The molecule has 2 heteroatoms. The average molecular weight is 925 g/mol. The molecule has 13 rings (SSSR count). The minimum absolute atomic E-state index is 0.170. The maximum Gasteiger partial charge on any atom is 0.0541 e. The largest absolute Gasteiger partial charge is 0.309 e.